The van der Waals surface area contributed by atoms with Crippen molar-refractivity contribution in [2.24, 2.45) is 0 Å². The summed E-state index contributed by atoms with van der Waals surface area (Å²) in [6, 6.07) is 0.535. The van der Waals surface area contributed by atoms with E-state index in [1.54, 1.807) is 0 Å². The summed E-state index contributed by atoms with van der Waals surface area (Å²) in [5, 5.41) is 7.21. The van der Waals surface area contributed by atoms with Crippen LogP contribution in [-0.2, 0) is 4.74 Å². The van der Waals surface area contributed by atoms with Crippen molar-refractivity contribution in [1.29, 1.82) is 0 Å². The first-order chi connectivity index (χ1) is 5.47. The van der Waals surface area contributed by atoms with Crippen LogP contribution >= 0.6 is 0 Å². The van der Waals surface area contributed by atoms with E-state index in [9.17, 15) is 0 Å². The van der Waals surface area contributed by atoms with E-state index in [4.69, 9.17) is 9.15 Å². The second kappa shape index (κ2) is 2.87. The van der Waals surface area contributed by atoms with Gasteiger partial charge in [-0.15, -0.1) is 5.10 Å². The van der Waals surface area contributed by atoms with Gasteiger partial charge >= 0.3 is 12.4 Å². The van der Waals surface area contributed by atoms with Crippen LogP contribution < -0.4 is 4.90 Å². The molecule has 0 bridgehead atoms. The van der Waals surface area contributed by atoms with Gasteiger partial charge in [-0.1, -0.05) is 5.10 Å². The van der Waals surface area contributed by atoms with Gasteiger partial charge < -0.3 is 14.1 Å². The van der Waals surface area contributed by atoms with Gasteiger partial charge in [-0.2, -0.15) is 0 Å². The summed E-state index contributed by atoms with van der Waals surface area (Å²) >= 11 is 0. The Balaban J connectivity index is 2.04. The highest BCUT2D eigenvalue weighted by atomic mass is 16.5. The largest absolute Gasteiger partial charge is 0.399 e. The van der Waals surface area contributed by atoms with Gasteiger partial charge in [0.1, 0.15) is 0 Å². The minimum absolute atomic E-state index is 0.535. The van der Waals surface area contributed by atoms with Gasteiger partial charge in [0.15, 0.2) is 0 Å². The maximum absolute atomic E-state index is 5.16. The number of aromatic nitrogens is 2. The average Bonchev–Trinajstić information content (AvgIpc) is 2.58. The zero-order chi connectivity index (χ0) is 7.52. The average molecular weight is 154 g/mol. The minimum atomic E-state index is 0.535. The van der Waals surface area contributed by atoms with Gasteiger partial charge in [0, 0.05) is 13.1 Å². The van der Waals surface area contributed by atoms with E-state index < -0.39 is 0 Å². The van der Waals surface area contributed by atoms with E-state index in [2.05, 4.69) is 16.6 Å². The van der Waals surface area contributed by atoms with Crippen molar-refractivity contribution in [2.45, 2.75) is 0 Å². The lowest BCUT2D eigenvalue weighted by atomic mass is 10.5. The third-order valence-corrected chi connectivity index (χ3v) is 1.59. The second-order valence-corrected chi connectivity index (χ2v) is 2.28. The van der Waals surface area contributed by atoms with Crippen molar-refractivity contribution in [3.8, 4) is 0 Å². The molecule has 0 saturated carbocycles. The van der Waals surface area contributed by atoms with Crippen LogP contribution in [0.4, 0.5) is 6.01 Å². The predicted molar refractivity (Wildman–Crippen MR) is 36.2 cm³/mol. The van der Waals surface area contributed by atoms with Crippen molar-refractivity contribution in [1.82, 2.24) is 10.2 Å². The van der Waals surface area contributed by atoms with Crippen molar-refractivity contribution in [3.05, 3.63) is 6.39 Å². The van der Waals surface area contributed by atoms with Gasteiger partial charge in [0.05, 0.1) is 13.2 Å². The summed E-state index contributed by atoms with van der Waals surface area (Å²) in [6.07, 6.45) is 2.31. The predicted octanol–water partition coefficient (Wildman–Crippen LogP) is -0.294. The van der Waals surface area contributed by atoms with Crippen LogP contribution in [0.5, 0.6) is 0 Å². The van der Waals surface area contributed by atoms with E-state index in [1.807, 2.05) is 4.90 Å². The molecule has 0 spiro atoms. The Labute approximate surface area is 64.0 Å². The van der Waals surface area contributed by atoms with Crippen molar-refractivity contribution in [2.75, 3.05) is 31.2 Å². The van der Waals surface area contributed by atoms with E-state index in [0.717, 1.165) is 26.3 Å². The van der Waals surface area contributed by atoms with Gasteiger partial charge in [0.2, 0.25) is 0 Å². The standard InChI is InChI=1S/C6H8N3O2/c1-3-10-4-2-9(1)6-8-7-5-11-6/h1-4H2. The number of hydrogen-bond donors (Lipinski definition) is 0. The summed E-state index contributed by atoms with van der Waals surface area (Å²) in [6.45, 7) is 3.08. The molecule has 1 radical (unpaired) electrons. The fourth-order valence-electron chi connectivity index (χ4n) is 1.03. The number of nitrogens with zero attached hydrogens (tertiary/aromatic N) is 3. The maximum atomic E-state index is 5.16. The van der Waals surface area contributed by atoms with Gasteiger partial charge in [0.25, 0.3) is 0 Å². The minimum Gasteiger partial charge on any atom is -0.399 e. The summed E-state index contributed by atoms with van der Waals surface area (Å²) in [5.74, 6) is 0. The summed E-state index contributed by atoms with van der Waals surface area (Å²) in [7, 11) is 0. The molecule has 5 heteroatoms. The van der Waals surface area contributed by atoms with E-state index in [1.165, 1.54) is 0 Å². The highest BCUT2D eigenvalue weighted by Crippen LogP contribution is 2.09. The zero-order valence-corrected chi connectivity index (χ0v) is 5.99. The molecule has 0 aromatic carbocycles. The van der Waals surface area contributed by atoms with Crippen LogP contribution in [0, 0.1) is 6.39 Å². The first-order valence-corrected chi connectivity index (χ1v) is 3.49. The molecule has 11 heavy (non-hydrogen) atoms. The smallest absolute Gasteiger partial charge is 0.318 e. The van der Waals surface area contributed by atoms with Crippen LogP contribution in [0.3, 0.4) is 0 Å². The zero-order valence-electron chi connectivity index (χ0n) is 5.99. The normalized spacial score (nSPS) is 18.7. The second-order valence-electron chi connectivity index (χ2n) is 2.28. The molecule has 0 atom stereocenters. The Morgan fingerprint density at radius 2 is 2.18 bits per heavy atom. The lowest BCUT2D eigenvalue weighted by Crippen LogP contribution is -2.36. The molecule has 1 fully saturated rings. The molecular formula is C6H8N3O2. The van der Waals surface area contributed by atoms with Crippen LogP contribution in [0.25, 0.3) is 0 Å². The lowest BCUT2D eigenvalue weighted by Gasteiger charge is -2.24. The summed E-state index contributed by atoms with van der Waals surface area (Å²) < 4.78 is 10.1. The lowest BCUT2D eigenvalue weighted by molar-refractivity contribution is 0.120. The molecule has 2 rings (SSSR count). The molecule has 1 aliphatic rings. The van der Waals surface area contributed by atoms with E-state index >= 15 is 0 Å². The van der Waals surface area contributed by atoms with Gasteiger partial charge in [-0.05, 0) is 0 Å². The fraction of sp³-hybridized carbons (Fsp3) is 0.667. The van der Waals surface area contributed by atoms with Gasteiger partial charge in [-0.3, -0.25) is 0 Å². The quantitative estimate of drug-likeness (QED) is 0.556. The van der Waals surface area contributed by atoms with Crippen molar-refractivity contribution >= 4 is 6.01 Å². The molecule has 2 heterocycles. The van der Waals surface area contributed by atoms with Crippen LogP contribution in [0.15, 0.2) is 4.42 Å². The van der Waals surface area contributed by atoms with E-state index in [-0.39, 0.29) is 0 Å². The number of hydrogen-bond acceptors (Lipinski definition) is 5. The Morgan fingerprint density at radius 1 is 1.36 bits per heavy atom. The molecule has 0 aliphatic carbocycles. The molecule has 1 aliphatic heterocycles. The molecule has 0 N–H and O–H groups in total. The third kappa shape index (κ3) is 1.32. The Morgan fingerprint density at radius 3 is 2.82 bits per heavy atom. The SMILES string of the molecule is [c]1nnc(N2CCOCC2)o1. The Kier molecular flexibility index (Phi) is 1.72. The Bertz CT molecular complexity index is 206. The van der Waals surface area contributed by atoms with Crippen LogP contribution in [0.1, 0.15) is 0 Å². The number of ether oxygens (including phenoxy) is 1. The number of anilines is 1. The molecule has 0 unspecified atom stereocenters. The molecule has 59 valence electrons. The van der Waals surface area contributed by atoms with Crippen molar-refractivity contribution < 1.29 is 9.15 Å². The Hall–Kier alpha value is -1.10. The molecule has 1 aromatic heterocycles. The maximum Gasteiger partial charge on any atom is 0.318 e. The first kappa shape index (κ1) is 6.60. The first-order valence-electron chi connectivity index (χ1n) is 3.49. The highest BCUT2D eigenvalue weighted by molar-refractivity contribution is 5.22. The summed E-state index contributed by atoms with van der Waals surface area (Å²) in [5.41, 5.74) is 0. The molecule has 5 nitrogen and oxygen atoms in total. The highest BCUT2D eigenvalue weighted by Gasteiger charge is 2.14. The monoisotopic (exact) mass is 154 g/mol. The molecular weight excluding hydrogens is 146 g/mol. The summed E-state index contributed by atoms with van der Waals surface area (Å²) in [4.78, 5) is 1.98. The number of rotatable bonds is 1. The fourth-order valence-corrected chi connectivity index (χ4v) is 1.03. The van der Waals surface area contributed by atoms with Crippen molar-refractivity contribution in [3.63, 3.8) is 0 Å². The topological polar surface area (TPSA) is 51.4 Å². The molecule has 1 aromatic rings. The third-order valence-electron chi connectivity index (χ3n) is 1.59. The molecule has 1 saturated heterocycles. The van der Waals surface area contributed by atoms with Crippen LogP contribution in [-0.4, -0.2) is 36.5 Å². The molecule has 0 amide bonds. The van der Waals surface area contributed by atoms with Gasteiger partial charge in [-0.25, -0.2) is 0 Å². The van der Waals surface area contributed by atoms with E-state index in [0.29, 0.717) is 6.01 Å². The number of morpholine rings is 1. The van der Waals surface area contributed by atoms with Crippen LogP contribution in [0.2, 0.25) is 0 Å².